The molecule has 3 heteroatoms. The fourth-order valence-corrected chi connectivity index (χ4v) is 1.36. The third kappa shape index (κ3) is 11.2. The second kappa shape index (κ2) is 13.8. The lowest BCUT2D eigenvalue weighted by Crippen LogP contribution is -2.02. The lowest BCUT2D eigenvalue weighted by atomic mass is 10.2. The van der Waals surface area contributed by atoms with Gasteiger partial charge in [0.05, 0.1) is 13.2 Å². The van der Waals surface area contributed by atoms with Crippen LogP contribution in [0.3, 0.4) is 0 Å². The van der Waals surface area contributed by atoms with E-state index in [1.54, 1.807) is 18.2 Å². The summed E-state index contributed by atoms with van der Waals surface area (Å²) < 4.78 is 4.39. The quantitative estimate of drug-likeness (QED) is 0.333. The molecule has 118 valence electrons. The van der Waals surface area contributed by atoms with Gasteiger partial charge in [0, 0.05) is 11.6 Å². The highest BCUT2D eigenvalue weighted by molar-refractivity contribution is 5.87. The lowest BCUT2D eigenvalue weighted by molar-refractivity contribution is -0.136. The van der Waals surface area contributed by atoms with Crippen LogP contribution in [0.15, 0.2) is 85.5 Å². The van der Waals surface area contributed by atoms with Crippen LogP contribution in [0.5, 0.6) is 0 Å². The molecule has 1 aromatic carbocycles. The molecule has 0 saturated heterocycles. The number of allylic oxidation sites excluding steroid dienone is 6. The molecule has 0 saturated carbocycles. The molecular formula is C20H21NO2. The molecule has 3 nitrogen and oxygen atoms in total. The van der Waals surface area contributed by atoms with Crippen molar-refractivity contribution < 1.29 is 9.53 Å². The maximum absolute atomic E-state index is 10.7. The molecule has 1 rings (SSSR count). The summed E-state index contributed by atoms with van der Waals surface area (Å²) in [5.74, 6) is -0.437. The predicted molar refractivity (Wildman–Crippen MR) is 95.3 cm³/mol. The van der Waals surface area contributed by atoms with E-state index in [-0.39, 0.29) is 0 Å². The van der Waals surface area contributed by atoms with Gasteiger partial charge in [0.25, 0.3) is 0 Å². The third-order valence-electron chi connectivity index (χ3n) is 2.48. The number of rotatable bonds is 6. The second-order valence-corrected chi connectivity index (χ2v) is 4.22. The molecule has 0 radical (unpaired) electrons. The van der Waals surface area contributed by atoms with Crippen LogP contribution in [0, 0.1) is 11.3 Å². The van der Waals surface area contributed by atoms with Crippen LogP contribution < -0.4 is 0 Å². The Morgan fingerprint density at radius 3 is 2.52 bits per heavy atom. The number of hydrogen-bond donors (Lipinski definition) is 0. The average molecular weight is 307 g/mol. The molecule has 1 aromatic rings. The van der Waals surface area contributed by atoms with E-state index in [9.17, 15) is 4.79 Å². The van der Waals surface area contributed by atoms with Crippen molar-refractivity contribution in [1.82, 2.24) is 0 Å². The third-order valence-corrected chi connectivity index (χ3v) is 2.48. The molecule has 0 atom stereocenters. The molecule has 0 heterocycles. The minimum Gasteiger partial charge on any atom is -0.466 e. The molecule has 0 fully saturated rings. The number of hydrogen-bond acceptors (Lipinski definition) is 3. The van der Waals surface area contributed by atoms with E-state index in [1.165, 1.54) is 18.7 Å². The van der Waals surface area contributed by atoms with Crippen LogP contribution in [0.1, 0.15) is 12.0 Å². The first-order chi connectivity index (χ1) is 11.2. The van der Waals surface area contributed by atoms with Gasteiger partial charge >= 0.3 is 5.97 Å². The van der Waals surface area contributed by atoms with Crippen LogP contribution >= 0.6 is 0 Å². The molecule has 0 spiro atoms. The van der Waals surface area contributed by atoms with Crippen molar-refractivity contribution in [1.29, 1.82) is 5.26 Å². The molecule has 0 aliphatic carbocycles. The smallest absolute Gasteiger partial charge is 0.333 e. The number of nitrogens with zero attached hydrogens (tertiary/aromatic N) is 1. The van der Waals surface area contributed by atoms with Gasteiger partial charge in [0.1, 0.15) is 0 Å². The van der Waals surface area contributed by atoms with Crippen LogP contribution in [-0.2, 0) is 9.53 Å². The molecule has 0 aliphatic heterocycles. The summed E-state index contributed by atoms with van der Waals surface area (Å²) in [6, 6.07) is 12.0. The van der Waals surface area contributed by atoms with Gasteiger partial charge in [0.15, 0.2) is 0 Å². The van der Waals surface area contributed by atoms with Crippen LogP contribution in [-0.4, -0.2) is 13.1 Å². The summed E-state index contributed by atoms with van der Waals surface area (Å²) in [5.41, 5.74) is 1.56. The van der Waals surface area contributed by atoms with Crippen molar-refractivity contribution in [3.63, 3.8) is 0 Å². The first kappa shape index (κ1) is 19.9. The highest BCUT2D eigenvalue weighted by Crippen LogP contribution is 2.01. The summed E-state index contributed by atoms with van der Waals surface area (Å²) in [6.07, 6.45) is 12.9. The van der Waals surface area contributed by atoms with Gasteiger partial charge in [-0.05, 0) is 12.0 Å². The summed E-state index contributed by atoms with van der Waals surface area (Å²) in [5, 5.41) is 8.09. The van der Waals surface area contributed by atoms with E-state index in [0.29, 0.717) is 12.0 Å². The monoisotopic (exact) mass is 307 g/mol. The van der Waals surface area contributed by atoms with E-state index in [0.717, 1.165) is 0 Å². The Hall–Kier alpha value is -3.12. The summed E-state index contributed by atoms with van der Waals surface area (Å²) in [7, 11) is 1.29. The fraction of sp³-hybridized carbons (Fsp3) is 0.100. The van der Waals surface area contributed by atoms with Gasteiger partial charge in [-0.1, -0.05) is 79.9 Å². The average Bonchev–Trinajstić information content (AvgIpc) is 2.59. The van der Waals surface area contributed by atoms with E-state index < -0.39 is 5.97 Å². The van der Waals surface area contributed by atoms with Crippen LogP contribution in [0.2, 0.25) is 0 Å². The Labute approximate surface area is 138 Å². The fourth-order valence-electron chi connectivity index (χ4n) is 1.36. The number of benzene rings is 1. The van der Waals surface area contributed by atoms with Crippen molar-refractivity contribution in [3.8, 4) is 6.07 Å². The normalized spacial score (nSPS) is 10.1. The zero-order valence-electron chi connectivity index (χ0n) is 13.3. The van der Waals surface area contributed by atoms with Crippen molar-refractivity contribution in [2.24, 2.45) is 0 Å². The SMILES string of the molecule is C=C(CC=CC#N)C(=O)OC.C=CC=CC=Cc1ccccc1. The summed E-state index contributed by atoms with van der Waals surface area (Å²) >= 11 is 0. The molecule has 0 bridgehead atoms. The van der Waals surface area contributed by atoms with Crippen LogP contribution in [0.4, 0.5) is 0 Å². The zero-order chi connectivity index (χ0) is 17.3. The van der Waals surface area contributed by atoms with Crippen molar-refractivity contribution in [2.75, 3.05) is 7.11 Å². The molecule has 0 N–H and O–H groups in total. The van der Waals surface area contributed by atoms with Gasteiger partial charge in [-0.3, -0.25) is 0 Å². The molecular weight excluding hydrogens is 286 g/mol. The highest BCUT2D eigenvalue weighted by atomic mass is 16.5. The van der Waals surface area contributed by atoms with Gasteiger partial charge in [0.2, 0.25) is 0 Å². The Balaban J connectivity index is 0.000000423. The van der Waals surface area contributed by atoms with E-state index in [2.05, 4.69) is 36.1 Å². The first-order valence-corrected chi connectivity index (χ1v) is 6.97. The molecule has 23 heavy (non-hydrogen) atoms. The van der Waals surface area contributed by atoms with E-state index in [1.807, 2.05) is 36.4 Å². The Kier molecular flexibility index (Phi) is 12.0. The Morgan fingerprint density at radius 1 is 1.26 bits per heavy atom. The molecule has 0 amide bonds. The van der Waals surface area contributed by atoms with Gasteiger partial charge in [-0.2, -0.15) is 5.26 Å². The number of carbonyl (C=O) groups excluding carboxylic acids is 1. The number of methoxy groups -OCH3 is 1. The first-order valence-electron chi connectivity index (χ1n) is 6.97. The predicted octanol–water partition coefficient (Wildman–Crippen LogP) is 4.63. The van der Waals surface area contributed by atoms with Crippen LogP contribution in [0.25, 0.3) is 6.08 Å². The van der Waals surface area contributed by atoms with E-state index in [4.69, 9.17) is 5.26 Å². The highest BCUT2D eigenvalue weighted by Gasteiger charge is 2.02. The van der Waals surface area contributed by atoms with E-state index >= 15 is 0 Å². The largest absolute Gasteiger partial charge is 0.466 e. The topological polar surface area (TPSA) is 50.1 Å². The minimum absolute atomic E-state index is 0.346. The molecule has 0 unspecified atom stereocenters. The van der Waals surface area contributed by atoms with Crippen molar-refractivity contribution >= 4 is 12.0 Å². The second-order valence-electron chi connectivity index (χ2n) is 4.22. The summed E-state index contributed by atoms with van der Waals surface area (Å²) in [4.78, 5) is 10.7. The van der Waals surface area contributed by atoms with Gasteiger partial charge in [-0.25, -0.2) is 4.79 Å². The maximum atomic E-state index is 10.7. The molecule has 0 aliphatic rings. The number of esters is 1. The Bertz CT molecular complexity index is 617. The Morgan fingerprint density at radius 2 is 1.96 bits per heavy atom. The zero-order valence-corrected chi connectivity index (χ0v) is 13.3. The maximum Gasteiger partial charge on any atom is 0.333 e. The van der Waals surface area contributed by atoms with Crippen molar-refractivity contribution in [2.45, 2.75) is 6.42 Å². The van der Waals surface area contributed by atoms with Crippen molar-refractivity contribution in [3.05, 3.63) is 91.1 Å². The number of carbonyl (C=O) groups is 1. The standard InChI is InChI=1S/C12H12.C8H9NO2/c1-2-3-4-6-9-12-10-7-5-8-11-12;1-7(8(10)11-2)5-3-4-6-9/h2-11H,1H2;3-4H,1,5H2,2H3. The number of nitriles is 1. The van der Waals surface area contributed by atoms with Gasteiger partial charge < -0.3 is 4.74 Å². The molecule has 0 aromatic heterocycles. The lowest BCUT2D eigenvalue weighted by Gasteiger charge is -1.97. The van der Waals surface area contributed by atoms with Gasteiger partial charge in [-0.15, -0.1) is 0 Å². The summed E-state index contributed by atoms with van der Waals surface area (Å²) in [6.45, 7) is 7.05. The number of ether oxygens (including phenoxy) is 1. The minimum atomic E-state index is -0.437.